The van der Waals surface area contributed by atoms with Crippen molar-refractivity contribution in [2.75, 3.05) is 23.3 Å². The number of nitriles is 1. The van der Waals surface area contributed by atoms with E-state index >= 15 is 0 Å². The number of hydrogen-bond acceptors (Lipinski definition) is 6. The first kappa shape index (κ1) is 18.9. The first-order chi connectivity index (χ1) is 14.0. The summed E-state index contributed by atoms with van der Waals surface area (Å²) >= 11 is 0. The number of piperidine rings is 1. The molecule has 0 saturated carbocycles. The van der Waals surface area contributed by atoms with Gasteiger partial charge in [-0.15, -0.1) is 0 Å². The van der Waals surface area contributed by atoms with Crippen molar-refractivity contribution >= 4 is 22.3 Å². The SMILES string of the molecule is Cn1cc(N2CCCC(Nc3c(C#N)cnc4ccc(OC(F)F)cc34)C2)cn1. The Morgan fingerprint density at radius 2 is 2.21 bits per heavy atom. The topological polar surface area (TPSA) is 79.0 Å². The van der Waals surface area contributed by atoms with E-state index in [-0.39, 0.29) is 11.8 Å². The summed E-state index contributed by atoms with van der Waals surface area (Å²) in [5, 5.41) is 17.8. The van der Waals surface area contributed by atoms with E-state index < -0.39 is 6.61 Å². The summed E-state index contributed by atoms with van der Waals surface area (Å²) in [6.45, 7) is -1.24. The van der Waals surface area contributed by atoms with Gasteiger partial charge in [-0.2, -0.15) is 19.1 Å². The molecule has 4 rings (SSSR count). The van der Waals surface area contributed by atoms with Gasteiger partial charge in [-0.1, -0.05) is 0 Å². The molecular formula is C20H20F2N6O. The largest absolute Gasteiger partial charge is 0.435 e. The molecule has 3 heterocycles. The van der Waals surface area contributed by atoms with Gasteiger partial charge in [0.05, 0.1) is 28.7 Å². The van der Waals surface area contributed by atoms with E-state index in [1.165, 1.54) is 18.3 Å². The minimum atomic E-state index is -2.91. The molecule has 1 fully saturated rings. The van der Waals surface area contributed by atoms with Crippen molar-refractivity contribution in [3.05, 3.63) is 42.4 Å². The highest BCUT2D eigenvalue weighted by Crippen LogP contribution is 2.31. The summed E-state index contributed by atoms with van der Waals surface area (Å²) < 4.78 is 31.5. The molecule has 29 heavy (non-hydrogen) atoms. The van der Waals surface area contributed by atoms with Gasteiger partial charge in [-0.25, -0.2) is 0 Å². The fraction of sp³-hybridized carbons (Fsp3) is 0.350. The summed E-state index contributed by atoms with van der Waals surface area (Å²) in [5.41, 5.74) is 2.61. The van der Waals surface area contributed by atoms with Crippen LogP contribution in [0.4, 0.5) is 20.2 Å². The Labute approximate surface area is 166 Å². The maximum Gasteiger partial charge on any atom is 0.387 e. The number of pyridine rings is 1. The van der Waals surface area contributed by atoms with Gasteiger partial charge in [0.1, 0.15) is 11.8 Å². The summed E-state index contributed by atoms with van der Waals surface area (Å²) in [6, 6.07) is 6.79. The van der Waals surface area contributed by atoms with Gasteiger partial charge in [0.2, 0.25) is 0 Å². The molecule has 1 unspecified atom stereocenters. The van der Waals surface area contributed by atoms with Crippen LogP contribution in [0.25, 0.3) is 10.9 Å². The Hall–Kier alpha value is -3.41. The van der Waals surface area contributed by atoms with E-state index in [4.69, 9.17) is 0 Å². The van der Waals surface area contributed by atoms with Gasteiger partial charge >= 0.3 is 6.61 Å². The lowest BCUT2D eigenvalue weighted by Gasteiger charge is -2.34. The third-order valence-electron chi connectivity index (χ3n) is 5.01. The lowest BCUT2D eigenvalue weighted by molar-refractivity contribution is -0.0497. The van der Waals surface area contributed by atoms with E-state index in [2.05, 4.69) is 31.1 Å². The quantitative estimate of drug-likeness (QED) is 0.708. The second-order valence-corrected chi connectivity index (χ2v) is 7.02. The van der Waals surface area contributed by atoms with Gasteiger partial charge < -0.3 is 15.0 Å². The standard InChI is InChI=1S/C20H20F2N6O/c1-27-12-15(10-25-27)28-6-2-3-14(11-28)26-19-13(8-23)9-24-18-5-4-16(7-17(18)19)29-20(21)22/h4-5,7,9-10,12,14,20H,2-3,6,11H2,1H3,(H,24,26). The van der Waals surface area contributed by atoms with Gasteiger partial charge in [0.25, 0.3) is 0 Å². The number of rotatable bonds is 5. The minimum absolute atomic E-state index is 0.0353. The number of nitrogens with one attached hydrogen (secondary N) is 1. The molecule has 1 aromatic carbocycles. The van der Waals surface area contributed by atoms with Crippen LogP contribution in [0.5, 0.6) is 5.75 Å². The summed E-state index contributed by atoms with van der Waals surface area (Å²) in [5.74, 6) is 0.0353. The zero-order chi connectivity index (χ0) is 20.4. The molecule has 150 valence electrons. The zero-order valence-electron chi connectivity index (χ0n) is 15.8. The first-order valence-electron chi connectivity index (χ1n) is 9.31. The van der Waals surface area contributed by atoms with Crippen LogP contribution in [0.1, 0.15) is 18.4 Å². The van der Waals surface area contributed by atoms with Crippen LogP contribution >= 0.6 is 0 Å². The highest BCUT2D eigenvalue weighted by molar-refractivity contribution is 5.95. The van der Waals surface area contributed by atoms with Gasteiger partial charge in [0.15, 0.2) is 0 Å². The minimum Gasteiger partial charge on any atom is -0.435 e. The second kappa shape index (κ2) is 7.91. The molecule has 0 spiro atoms. The molecule has 7 nitrogen and oxygen atoms in total. The maximum absolute atomic E-state index is 12.6. The number of halogens is 2. The van der Waals surface area contributed by atoms with Crippen LogP contribution in [0.3, 0.4) is 0 Å². The molecule has 3 aromatic rings. The normalized spacial score (nSPS) is 16.8. The molecule has 1 aliphatic rings. The van der Waals surface area contributed by atoms with Gasteiger partial charge in [-0.3, -0.25) is 9.67 Å². The zero-order valence-corrected chi connectivity index (χ0v) is 15.8. The van der Waals surface area contributed by atoms with Gasteiger partial charge in [0, 0.05) is 44.0 Å². The predicted molar refractivity (Wildman–Crippen MR) is 105 cm³/mol. The monoisotopic (exact) mass is 398 g/mol. The maximum atomic E-state index is 12.6. The molecule has 9 heteroatoms. The van der Waals surface area contributed by atoms with Crippen LogP contribution in [0.15, 0.2) is 36.8 Å². The van der Waals surface area contributed by atoms with E-state index in [1.807, 2.05) is 19.4 Å². The van der Waals surface area contributed by atoms with Crippen molar-refractivity contribution in [3.8, 4) is 11.8 Å². The Morgan fingerprint density at radius 1 is 1.34 bits per heavy atom. The molecule has 1 N–H and O–H groups in total. The predicted octanol–water partition coefficient (Wildman–Crippen LogP) is 3.52. The van der Waals surface area contributed by atoms with E-state index in [0.29, 0.717) is 22.2 Å². The van der Waals surface area contributed by atoms with Crippen LogP contribution in [0.2, 0.25) is 0 Å². The number of aromatic nitrogens is 3. The van der Waals surface area contributed by atoms with Crippen LogP contribution in [-0.2, 0) is 7.05 Å². The lowest BCUT2D eigenvalue weighted by atomic mass is 10.0. The molecule has 1 saturated heterocycles. The van der Waals surface area contributed by atoms with E-state index in [1.54, 1.807) is 10.7 Å². The summed E-state index contributed by atoms with van der Waals surface area (Å²) in [6.07, 6.45) is 7.22. The van der Waals surface area contributed by atoms with Crippen molar-refractivity contribution in [3.63, 3.8) is 0 Å². The molecule has 0 aliphatic carbocycles. The fourth-order valence-electron chi connectivity index (χ4n) is 3.69. The molecule has 1 aliphatic heterocycles. The smallest absolute Gasteiger partial charge is 0.387 e. The van der Waals surface area contributed by atoms with Crippen molar-refractivity contribution in [2.24, 2.45) is 7.05 Å². The highest BCUT2D eigenvalue weighted by Gasteiger charge is 2.23. The Morgan fingerprint density at radius 3 is 2.93 bits per heavy atom. The number of ether oxygens (including phenoxy) is 1. The molecule has 1 atom stereocenters. The average Bonchev–Trinajstić information content (AvgIpc) is 3.14. The Balaban J connectivity index is 1.64. The summed E-state index contributed by atoms with van der Waals surface area (Å²) in [4.78, 5) is 6.51. The molecule has 0 radical (unpaired) electrons. The number of aryl methyl sites for hydroxylation is 1. The molecular weight excluding hydrogens is 378 g/mol. The number of benzene rings is 1. The first-order valence-corrected chi connectivity index (χ1v) is 9.31. The van der Waals surface area contributed by atoms with Gasteiger partial charge in [-0.05, 0) is 31.0 Å². The van der Waals surface area contributed by atoms with Crippen LogP contribution in [-0.4, -0.2) is 40.5 Å². The number of fused-ring (bicyclic) bond motifs is 1. The second-order valence-electron chi connectivity index (χ2n) is 7.02. The van der Waals surface area contributed by atoms with E-state index in [0.717, 1.165) is 31.6 Å². The van der Waals surface area contributed by atoms with Crippen LogP contribution < -0.4 is 15.0 Å². The Bertz CT molecular complexity index is 1060. The molecule has 0 amide bonds. The van der Waals surface area contributed by atoms with Crippen molar-refractivity contribution in [1.29, 1.82) is 5.26 Å². The number of alkyl halides is 2. The van der Waals surface area contributed by atoms with Crippen LogP contribution in [0, 0.1) is 11.3 Å². The molecule has 0 bridgehead atoms. The highest BCUT2D eigenvalue weighted by atomic mass is 19.3. The van der Waals surface area contributed by atoms with E-state index in [9.17, 15) is 14.0 Å². The number of hydrogen-bond donors (Lipinski definition) is 1. The molecule has 2 aromatic heterocycles. The lowest BCUT2D eigenvalue weighted by Crippen LogP contribution is -2.42. The van der Waals surface area contributed by atoms with Crippen molar-refractivity contribution < 1.29 is 13.5 Å². The summed E-state index contributed by atoms with van der Waals surface area (Å²) in [7, 11) is 1.88. The average molecular weight is 398 g/mol. The van der Waals surface area contributed by atoms with Crippen molar-refractivity contribution in [2.45, 2.75) is 25.5 Å². The third kappa shape index (κ3) is 4.06. The fourth-order valence-corrected chi connectivity index (χ4v) is 3.69. The number of anilines is 2. The third-order valence-corrected chi connectivity index (χ3v) is 5.01. The van der Waals surface area contributed by atoms with Crippen molar-refractivity contribution in [1.82, 2.24) is 14.8 Å². The Kier molecular flexibility index (Phi) is 5.16. The number of nitrogens with zero attached hydrogens (tertiary/aromatic N) is 5.